The van der Waals surface area contributed by atoms with Crippen molar-refractivity contribution < 1.29 is 9.45 Å². The largest absolute Gasteiger partial charge is 0.375 e. The van der Waals surface area contributed by atoms with Gasteiger partial charge in [-0.05, 0) is 19.9 Å². The van der Waals surface area contributed by atoms with Crippen LogP contribution in [0.15, 0.2) is 28.8 Å². The zero-order valence-electron chi connectivity index (χ0n) is 10.1. The van der Waals surface area contributed by atoms with Crippen molar-refractivity contribution in [2.24, 2.45) is 0 Å². The van der Waals surface area contributed by atoms with Crippen LogP contribution in [0.3, 0.4) is 0 Å². The molecule has 2 rings (SSSR count). The summed E-state index contributed by atoms with van der Waals surface area (Å²) < 4.78 is 5.04. The molecule has 6 heteroatoms. The summed E-state index contributed by atoms with van der Waals surface area (Å²) in [5, 5.41) is 17.7. The number of nitro benzene ring substituents is 1. The standard InChI is InChI=1S/C12H13N3O3/c1-8-10(9(2)18-14-8)7-13-11-5-3-4-6-12(11)15(16)17/h3-6,13H,7H2,1-2H3. The molecule has 6 nitrogen and oxygen atoms in total. The Morgan fingerprint density at radius 1 is 1.39 bits per heavy atom. The average Bonchev–Trinajstić information content (AvgIpc) is 2.67. The van der Waals surface area contributed by atoms with Crippen LogP contribution in [0.4, 0.5) is 11.4 Å². The van der Waals surface area contributed by atoms with Gasteiger partial charge in [0.05, 0.1) is 10.6 Å². The van der Waals surface area contributed by atoms with Crippen LogP contribution >= 0.6 is 0 Å². The summed E-state index contributed by atoms with van der Waals surface area (Å²) in [6.45, 7) is 4.11. The van der Waals surface area contributed by atoms with E-state index in [0.717, 1.165) is 17.0 Å². The molecule has 1 heterocycles. The molecular formula is C12H13N3O3. The number of hydrogen-bond donors (Lipinski definition) is 1. The van der Waals surface area contributed by atoms with Crippen molar-refractivity contribution in [1.82, 2.24) is 5.16 Å². The van der Waals surface area contributed by atoms with E-state index < -0.39 is 4.92 Å². The molecule has 1 N–H and O–H groups in total. The van der Waals surface area contributed by atoms with Gasteiger partial charge >= 0.3 is 0 Å². The second-order valence-electron chi connectivity index (χ2n) is 3.93. The zero-order chi connectivity index (χ0) is 13.1. The summed E-state index contributed by atoms with van der Waals surface area (Å²) in [6, 6.07) is 6.54. The normalized spacial score (nSPS) is 10.3. The van der Waals surface area contributed by atoms with Gasteiger partial charge in [-0.1, -0.05) is 17.3 Å². The molecule has 0 amide bonds. The first-order valence-corrected chi connectivity index (χ1v) is 5.48. The monoisotopic (exact) mass is 247 g/mol. The van der Waals surface area contributed by atoms with Gasteiger partial charge in [-0.25, -0.2) is 0 Å². The number of nitrogens with zero attached hydrogens (tertiary/aromatic N) is 2. The van der Waals surface area contributed by atoms with Crippen molar-refractivity contribution in [3.8, 4) is 0 Å². The van der Waals surface area contributed by atoms with E-state index in [-0.39, 0.29) is 5.69 Å². The molecule has 1 aromatic carbocycles. The molecule has 94 valence electrons. The minimum atomic E-state index is -0.407. The summed E-state index contributed by atoms with van der Waals surface area (Å²) in [4.78, 5) is 10.4. The molecule has 0 aliphatic carbocycles. The van der Waals surface area contributed by atoms with E-state index in [0.29, 0.717) is 12.2 Å². The summed E-state index contributed by atoms with van der Waals surface area (Å²) >= 11 is 0. The molecule has 18 heavy (non-hydrogen) atoms. The van der Waals surface area contributed by atoms with Gasteiger partial charge in [-0.3, -0.25) is 10.1 Å². The molecule has 1 aromatic heterocycles. The molecule has 0 spiro atoms. The molecule has 0 radical (unpaired) electrons. The summed E-state index contributed by atoms with van der Waals surface area (Å²) in [6.07, 6.45) is 0. The van der Waals surface area contributed by atoms with E-state index in [4.69, 9.17) is 4.52 Å². The lowest BCUT2D eigenvalue weighted by Gasteiger charge is -2.06. The van der Waals surface area contributed by atoms with E-state index >= 15 is 0 Å². The molecule has 0 atom stereocenters. The Hall–Kier alpha value is -2.37. The fraction of sp³-hybridized carbons (Fsp3) is 0.250. The van der Waals surface area contributed by atoms with Crippen molar-refractivity contribution in [2.45, 2.75) is 20.4 Å². The van der Waals surface area contributed by atoms with Crippen LogP contribution in [-0.2, 0) is 6.54 Å². The number of rotatable bonds is 4. The predicted octanol–water partition coefficient (Wildman–Crippen LogP) is 2.81. The minimum absolute atomic E-state index is 0.0595. The van der Waals surface area contributed by atoms with Crippen molar-refractivity contribution in [2.75, 3.05) is 5.32 Å². The maximum Gasteiger partial charge on any atom is 0.292 e. The lowest BCUT2D eigenvalue weighted by atomic mass is 10.2. The number of hydrogen-bond acceptors (Lipinski definition) is 5. The minimum Gasteiger partial charge on any atom is -0.375 e. The Morgan fingerprint density at radius 2 is 2.11 bits per heavy atom. The molecule has 0 saturated heterocycles. The molecule has 0 aliphatic rings. The Balaban J connectivity index is 2.18. The van der Waals surface area contributed by atoms with E-state index in [1.54, 1.807) is 18.2 Å². The highest BCUT2D eigenvalue weighted by Gasteiger charge is 2.14. The van der Waals surface area contributed by atoms with Gasteiger partial charge in [0.1, 0.15) is 11.4 Å². The molecule has 0 bridgehead atoms. The van der Waals surface area contributed by atoms with Gasteiger partial charge in [0.25, 0.3) is 5.69 Å². The Bertz CT molecular complexity index is 558. The Kier molecular flexibility index (Phi) is 3.27. The number of para-hydroxylation sites is 2. The molecule has 0 aliphatic heterocycles. The topological polar surface area (TPSA) is 81.2 Å². The van der Waals surface area contributed by atoms with Crippen molar-refractivity contribution in [1.29, 1.82) is 0 Å². The Labute approximate surface area is 104 Å². The van der Waals surface area contributed by atoms with E-state index in [9.17, 15) is 10.1 Å². The number of benzene rings is 1. The third-order valence-corrected chi connectivity index (χ3v) is 2.74. The zero-order valence-corrected chi connectivity index (χ0v) is 10.1. The third kappa shape index (κ3) is 2.32. The quantitative estimate of drug-likeness (QED) is 0.663. The van der Waals surface area contributed by atoms with Crippen LogP contribution in [0.2, 0.25) is 0 Å². The predicted molar refractivity (Wildman–Crippen MR) is 66.4 cm³/mol. The highest BCUT2D eigenvalue weighted by atomic mass is 16.6. The van der Waals surface area contributed by atoms with E-state index in [2.05, 4.69) is 10.5 Å². The fourth-order valence-electron chi connectivity index (χ4n) is 1.72. The van der Waals surface area contributed by atoms with Gasteiger partial charge in [0, 0.05) is 18.2 Å². The van der Waals surface area contributed by atoms with E-state index in [1.807, 2.05) is 13.8 Å². The van der Waals surface area contributed by atoms with Crippen molar-refractivity contribution in [3.63, 3.8) is 0 Å². The van der Waals surface area contributed by atoms with Crippen LogP contribution in [0.25, 0.3) is 0 Å². The van der Waals surface area contributed by atoms with Gasteiger partial charge in [0.2, 0.25) is 0 Å². The smallest absolute Gasteiger partial charge is 0.292 e. The maximum atomic E-state index is 10.9. The van der Waals surface area contributed by atoms with Crippen LogP contribution in [-0.4, -0.2) is 10.1 Å². The summed E-state index contributed by atoms with van der Waals surface area (Å²) in [7, 11) is 0. The van der Waals surface area contributed by atoms with Crippen molar-refractivity contribution in [3.05, 3.63) is 51.4 Å². The van der Waals surface area contributed by atoms with Crippen LogP contribution < -0.4 is 5.32 Å². The lowest BCUT2D eigenvalue weighted by molar-refractivity contribution is -0.384. The molecule has 0 fully saturated rings. The number of aromatic nitrogens is 1. The summed E-state index contributed by atoms with van der Waals surface area (Å²) in [5.41, 5.74) is 2.26. The highest BCUT2D eigenvalue weighted by molar-refractivity contribution is 5.61. The number of nitro groups is 1. The number of nitrogens with one attached hydrogen (secondary N) is 1. The lowest BCUT2D eigenvalue weighted by Crippen LogP contribution is -2.03. The molecule has 0 unspecified atom stereocenters. The molecular weight excluding hydrogens is 234 g/mol. The number of aryl methyl sites for hydroxylation is 2. The number of anilines is 1. The third-order valence-electron chi connectivity index (χ3n) is 2.74. The first-order valence-electron chi connectivity index (χ1n) is 5.48. The van der Waals surface area contributed by atoms with Gasteiger partial charge in [0.15, 0.2) is 0 Å². The first-order chi connectivity index (χ1) is 8.59. The maximum absolute atomic E-state index is 10.9. The van der Waals surface area contributed by atoms with Crippen LogP contribution in [0.1, 0.15) is 17.0 Å². The Morgan fingerprint density at radius 3 is 2.72 bits per heavy atom. The van der Waals surface area contributed by atoms with Crippen LogP contribution in [0.5, 0.6) is 0 Å². The second kappa shape index (κ2) is 4.87. The average molecular weight is 247 g/mol. The van der Waals surface area contributed by atoms with E-state index in [1.165, 1.54) is 6.07 Å². The van der Waals surface area contributed by atoms with Gasteiger partial charge in [-0.15, -0.1) is 0 Å². The van der Waals surface area contributed by atoms with Gasteiger partial charge < -0.3 is 9.84 Å². The second-order valence-corrected chi connectivity index (χ2v) is 3.93. The SMILES string of the molecule is Cc1noc(C)c1CNc1ccccc1[N+](=O)[O-]. The van der Waals surface area contributed by atoms with Crippen LogP contribution in [0, 0.1) is 24.0 Å². The summed E-state index contributed by atoms with van der Waals surface area (Å²) in [5.74, 6) is 0.721. The first kappa shape index (κ1) is 12.1. The highest BCUT2D eigenvalue weighted by Crippen LogP contribution is 2.24. The molecule has 2 aromatic rings. The fourth-order valence-corrected chi connectivity index (χ4v) is 1.72. The van der Waals surface area contributed by atoms with Crippen molar-refractivity contribution >= 4 is 11.4 Å². The van der Waals surface area contributed by atoms with Gasteiger partial charge in [-0.2, -0.15) is 0 Å². The molecule has 0 saturated carbocycles.